The van der Waals surface area contributed by atoms with Crippen LogP contribution in [0.4, 0.5) is 10.9 Å². The first-order valence-corrected chi connectivity index (χ1v) is 12.7. The van der Waals surface area contributed by atoms with Crippen molar-refractivity contribution in [3.05, 3.63) is 47.5 Å². The van der Waals surface area contributed by atoms with E-state index in [1.54, 1.807) is 36.2 Å². The standard InChI is InChI=1S/C24H29N5O3S2/c1-5-10-29(17(4)30)11-6-7-20(31)19-13-18(8-9-21(19)32)33-23-14-25-24(34-23)28-22-12-15(2)26-16(3)27-22/h8-9,12-14,32H,5-7,10-11H2,1-4H3,(H,25,26,27,28). The number of thiazole rings is 1. The molecule has 0 unspecified atom stereocenters. The molecule has 1 amide bonds. The quantitative estimate of drug-likeness (QED) is 0.339. The van der Waals surface area contributed by atoms with Crippen LogP contribution < -0.4 is 5.32 Å². The van der Waals surface area contributed by atoms with Gasteiger partial charge in [0.2, 0.25) is 5.91 Å². The molecule has 0 saturated carbocycles. The molecule has 0 spiro atoms. The number of anilines is 2. The Morgan fingerprint density at radius 1 is 1.18 bits per heavy atom. The number of rotatable bonds is 11. The Labute approximate surface area is 207 Å². The van der Waals surface area contributed by atoms with E-state index in [0.29, 0.717) is 41.8 Å². The Balaban J connectivity index is 1.62. The number of phenols is 1. The maximum atomic E-state index is 12.7. The smallest absolute Gasteiger partial charge is 0.219 e. The highest BCUT2D eigenvalue weighted by Crippen LogP contribution is 2.36. The molecule has 3 rings (SSSR count). The molecule has 8 nitrogen and oxygen atoms in total. The third-order valence-corrected chi connectivity index (χ3v) is 6.95. The van der Waals surface area contributed by atoms with Crippen LogP contribution in [0.3, 0.4) is 0 Å². The van der Waals surface area contributed by atoms with Crippen molar-refractivity contribution < 1.29 is 14.7 Å². The molecule has 0 saturated heterocycles. The molecule has 34 heavy (non-hydrogen) atoms. The number of nitrogens with one attached hydrogen (secondary N) is 1. The number of carbonyl (C=O) groups excluding carboxylic acids is 2. The van der Waals surface area contributed by atoms with Gasteiger partial charge in [-0.05, 0) is 44.9 Å². The summed E-state index contributed by atoms with van der Waals surface area (Å²) in [6.45, 7) is 8.53. The van der Waals surface area contributed by atoms with Gasteiger partial charge in [-0.15, -0.1) is 0 Å². The van der Waals surface area contributed by atoms with Crippen molar-refractivity contribution in [1.82, 2.24) is 19.9 Å². The second-order valence-corrected chi connectivity index (χ2v) is 10.3. The number of hydrogen-bond acceptors (Lipinski definition) is 9. The average molecular weight is 500 g/mol. The number of carbonyl (C=O) groups is 2. The maximum absolute atomic E-state index is 12.7. The van der Waals surface area contributed by atoms with Gasteiger partial charge in [0.1, 0.15) is 17.4 Å². The number of phenolic OH excluding ortho intramolecular Hbond substituents is 1. The maximum Gasteiger partial charge on any atom is 0.219 e. The number of aryl methyl sites for hydroxylation is 2. The molecule has 0 aliphatic rings. The Hall–Kier alpha value is -2.98. The summed E-state index contributed by atoms with van der Waals surface area (Å²) in [6, 6.07) is 6.89. The summed E-state index contributed by atoms with van der Waals surface area (Å²) in [5.41, 5.74) is 1.17. The Morgan fingerprint density at radius 2 is 1.97 bits per heavy atom. The molecule has 10 heteroatoms. The molecular weight excluding hydrogens is 470 g/mol. The van der Waals surface area contributed by atoms with Gasteiger partial charge < -0.3 is 15.3 Å². The normalized spacial score (nSPS) is 10.8. The zero-order valence-corrected chi connectivity index (χ0v) is 21.4. The van der Waals surface area contributed by atoms with E-state index < -0.39 is 0 Å². The number of amides is 1. The molecule has 0 fully saturated rings. The number of aromatic nitrogens is 3. The molecule has 1 aromatic carbocycles. The number of ketones is 1. The van der Waals surface area contributed by atoms with Gasteiger partial charge in [0.05, 0.1) is 16.0 Å². The zero-order chi connectivity index (χ0) is 24.7. The Bertz CT molecular complexity index is 1150. The van der Waals surface area contributed by atoms with Gasteiger partial charge in [0.15, 0.2) is 10.9 Å². The number of benzene rings is 1. The largest absolute Gasteiger partial charge is 0.507 e. The van der Waals surface area contributed by atoms with Gasteiger partial charge in [-0.1, -0.05) is 30.0 Å². The summed E-state index contributed by atoms with van der Waals surface area (Å²) in [5, 5.41) is 14.1. The lowest BCUT2D eigenvalue weighted by Gasteiger charge is -2.19. The lowest BCUT2D eigenvalue weighted by atomic mass is 10.1. The predicted molar refractivity (Wildman–Crippen MR) is 135 cm³/mol. The van der Waals surface area contributed by atoms with Crippen LogP contribution >= 0.6 is 23.1 Å². The molecule has 2 N–H and O–H groups in total. The monoisotopic (exact) mass is 499 g/mol. The van der Waals surface area contributed by atoms with E-state index in [9.17, 15) is 14.7 Å². The number of aromatic hydroxyl groups is 1. The number of hydrogen-bond donors (Lipinski definition) is 2. The molecule has 3 aromatic rings. The van der Waals surface area contributed by atoms with Gasteiger partial charge in [0, 0.05) is 43.1 Å². The van der Waals surface area contributed by atoms with Crippen LogP contribution in [0, 0.1) is 13.8 Å². The molecule has 0 bridgehead atoms. The first-order valence-electron chi connectivity index (χ1n) is 11.1. The van der Waals surface area contributed by atoms with Crippen molar-refractivity contribution in [3.63, 3.8) is 0 Å². The number of Topliss-reactive ketones (excluding diaryl/α,β-unsaturated/α-hetero) is 1. The Morgan fingerprint density at radius 3 is 2.68 bits per heavy atom. The second-order valence-electron chi connectivity index (χ2n) is 7.87. The zero-order valence-electron chi connectivity index (χ0n) is 19.8. The van der Waals surface area contributed by atoms with E-state index in [1.807, 2.05) is 26.8 Å². The first-order chi connectivity index (χ1) is 16.2. The minimum Gasteiger partial charge on any atom is -0.507 e. The van der Waals surface area contributed by atoms with Crippen molar-refractivity contribution >= 4 is 45.7 Å². The summed E-state index contributed by atoms with van der Waals surface area (Å²) in [6.07, 6.45) is 3.46. The van der Waals surface area contributed by atoms with Gasteiger partial charge in [0.25, 0.3) is 0 Å². The molecule has 180 valence electrons. The fraction of sp³-hybridized carbons (Fsp3) is 0.375. The molecule has 2 heterocycles. The summed E-state index contributed by atoms with van der Waals surface area (Å²) in [7, 11) is 0. The molecule has 0 radical (unpaired) electrons. The fourth-order valence-electron chi connectivity index (χ4n) is 3.43. The Kier molecular flexibility index (Phi) is 9.00. The molecule has 0 atom stereocenters. The van der Waals surface area contributed by atoms with E-state index in [0.717, 1.165) is 21.2 Å². The first kappa shape index (κ1) is 25.6. The van der Waals surface area contributed by atoms with Gasteiger partial charge >= 0.3 is 0 Å². The SMILES string of the molecule is CCCN(CCCC(=O)c1cc(Sc2cnc(Nc3cc(C)nc(C)n3)s2)ccc1O)C(C)=O. The fourth-order valence-corrected chi connectivity index (χ4v) is 5.33. The van der Waals surface area contributed by atoms with E-state index in [2.05, 4.69) is 20.3 Å². The van der Waals surface area contributed by atoms with E-state index >= 15 is 0 Å². The van der Waals surface area contributed by atoms with Crippen molar-refractivity contribution in [2.45, 2.75) is 56.1 Å². The van der Waals surface area contributed by atoms with E-state index in [1.165, 1.54) is 23.1 Å². The molecular formula is C24H29N5O3S2. The van der Waals surface area contributed by atoms with Crippen LogP contribution in [0.1, 0.15) is 55.0 Å². The lowest BCUT2D eigenvalue weighted by molar-refractivity contribution is -0.128. The van der Waals surface area contributed by atoms with E-state index in [-0.39, 0.29) is 23.9 Å². The highest BCUT2D eigenvalue weighted by atomic mass is 32.2. The van der Waals surface area contributed by atoms with E-state index in [4.69, 9.17) is 0 Å². The van der Waals surface area contributed by atoms with Gasteiger partial charge in [-0.3, -0.25) is 9.59 Å². The van der Waals surface area contributed by atoms with Crippen molar-refractivity contribution in [3.8, 4) is 5.75 Å². The average Bonchev–Trinajstić information content (AvgIpc) is 3.20. The predicted octanol–water partition coefficient (Wildman–Crippen LogP) is 5.37. The van der Waals surface area contributed by atoms with Crippen LogP contribution in [-0.4, -0.2) is 49.7 Å². The highest BCUT2D eigenvalue weighted by Gasteiger charge is 2.15. The minimum absolute atomic E-state index is 0.0129. The summed E-state index contributed by atoms with van der Waals surface area (Å²) in [5.74, 6) is 1.22. The van der Waals surface area contributed by atoms with Crippen LogP contribution in [0.25, 0.3) is 0 Å². The highest BCUT2D eigenvalue weighted by molar-refractivity contribution is 8.01. The summed E-state index contributed by atoms with van der Waals surface area (Å²) in [4.78, 5) is 40.0. The van der Waals surface area contributed by atoms with Gasteiger partial charge in [-0.25, -0.2) is 15.0 Å². The van der Waals surface area contributed by atoms with Crippen molar-refractivity contribution in [2.75, 3.05) is 18.4 Å². The lowest BCUT2D eigenvalue weighted by Crippen LogP contribution is -2.30. The molecule has 0 aliphatic carbocycles. The van der Waals surface area contributed by atoms with Crippen molar-refractivity contribution in [2.24, 2.45) is 0 Å². The third kappa shape index (κ3) is 7.26. The minimum atomic E-state index is -0.138. The van der Waals surface area contributed by atoms with Crippen LogP contribution in [0.2, 0.25) is 0 Å². The third-order valence-electron chi connectivity index (χ3n) is 4.94. The van der Waals surface area contributed by atoms with Crippen LogP contribution in [0.15, 0.2) is 39.6 Å². The summed E-state index contributed by atoms with van der Waals surface area (Å²) < 4.78 is 0.936. The van der Waals surface area contributed by atoms with Crippen LogP contribution in [0.5, 0.6) is 5.75 Å². The molecule has 0 aliphatic heterocycles. The second kappa shape index (κ2) is 11.9. The topological polar surface area (TPSA) is 108 Å². The molecule has 2 aromatic heterocycles. The van der Waals surface area contributed by atoms with Crippen molar-refractivity contribution in [1.29, 1.82) is 0 Å². The van der Waals surface area contributed by atoms with Gasteiger partial charge in [-0.2, -0.15) is 0 Å². The number of nitrogens with zero attached hydrogens (tertiary/aromatic N) is 4. The van der Waals surface area contributed by atoms with Crippen LogP contribution in [-0.2, 0) is 4.79 Å². The summed E-state index contributed by atoms with van der Waals surface area (Å²) >= 11 is 2.94.